The Kier molecular flexibility index (Phi) is 3.13. The molecule has 1 heterocycles. The van der Waals surface area contributed by atoms with E-state index in [9.17, 15) is 0 Å². The van der Waals surface area contributed by atoms with Crippen molar-refractivity contribution in [3.63, 3.8) is 0 Å². The second-order valence-corrected chi connectivity index (χ2v) is 4.25. The molecule has 0 aliphatic heterocycles. The molecule has 2 N–H and O–H groups in total. The van der Waals surface area contributed by atoms with E-state index in [1.54, 1.807) is 17.8 Å². The van der Waals surface area contributed by atoms with Crippen LogP contribution in [0.5, 0.6) is 0 Å². The van der Waals surface area contributed by atoms with Crippen LogP contribution >= 0.6 is 23.4 Å². The zero-order valence-electron chi connectivity index (χ0n) is 7.68. The molecule has 0 spiro atoms. The summed E-state index contributed by atoms with van der Waals surface area (Å²) in [6, 6.07) is 5.41. The Morgan fingerprint density at radius 2 is 2.33 bits per heavy atom. The van der Waals surface area contributed by atoms with Crippen molar-refractivity contribution in [2.75, 3.05) is 5.73 Å². The molecule has 0 radical (unpaired) electrons. The number of anilines is 1. The van der Waals surface area contributed by atoms with Crippen LogP contribution in [0.25, 0.3) is 0 Å². The second kappa shape index (κ2) is 4.55. The maximum Gasteiger partial charge on any atom is 0.213 e. The summed E-state index contributed by atoms with van der Waals surface area (Å²) in [7, 11) is 0. The average Bonchev–Trinajstić information content (AvgIpc) is 2.69. The van der Waals surface area contributed by atoms with Gasteiger partial charge in [-0.25, -0.2) is 0 Å². The van der Waals surface area contributed by atoms with E-state index in [4.69, 9.17) is 17.3 Å². The first-order valence-electron chi connectivity index (χ1n) is 4.19. The minimum absolute atomic E-state index is 0.625. The quantitative estimate of drug-likeness (QED) is 0.661. The van der Waals surface area contributed by atoms with E-state index in [0.29, 0.717) is 22.3 Å². The number of nitrogen functional groups attached to an aromatic ring is 1. The second-order valence-electron chi connectivity index (χ2n) is 2.83. The van der Waals surface area contributed by atoms with Gasteiger partial charge in [0.05, 0.1) is 10.8 Å². The lowest BCUT2D eigenvalue weighted by Gasteiger charge is -2.02. The maximum atomic E-state index is 6.00. The fraction of sp³-hybridized carbons (Fsp3) is 0.111. The average molecular weight is 242 g/mol. The molecule has 15 heavy (non-hydrogen) atoms. The molecule has 2 rings (SSSR count). The topological polar surface area (TPSA) is 64.9 Å². The zero-order chi connectivity index (χ0) is 10.7. The summed E-state index contributed by atoms with van der Waals surface area (Å²) in [5.74, 6) is 1.27. The lowest BCUT2D eigenvalue weighted by molar-refractivity contribution is 0.412. The predicted octanol–water partition coefficient (Wildman–Crippen LogP) is 2.60. The van der Waals surface area contributed by atoms with Crippen LogP contribution in [0.3, 0.4) is 0 Å². The van der Waals surface area contributed by atoms with Crippen LogP contribution in [0, 0.1) is 0 Å². The third-order valence-corrected chi connectivity index (χ3v) is 3.21. The third kappa shape index (κ3) is 2.64. The van der Waals surface area contributed by atoms with Gasteiger partial charge in [0.15, 0.2) is 5.82 Å². The fourth-order valence-corrected chi connectivity index (χ4v) is 2.16. The third-order valence-electron chi connectivity index (χ3n) is 1.72. The molecule has 0 amide bonds. The predicted molar refractivity (Wildman–Crippen MR) is 59.7 cm³/mol. The Morgan fingerprint density at radius 3 is 3.00 bits per heavy atom. The van der Waals surface area contributed by atoms with Crippen molar-refractivity contribution in [2.45, 2.75) is 10.6 Å². The monoisotopic (exact) mass is 241 g/mol. The molecule has 2 aromatic rings. The van der Waals surface area contributed by atoms with Crippen molar-refractivity contribution in [1.82, 2.24) is 10.1 Å². The summed E-state index contributed by atoms with van der Waals surface area (Å²) in [4.78, 5) is 4.87. The first-order chi connectivity index (χ1) is 7.25. The van der Waals surface area contributed by atoms with E-state index in [0.717, 1.165) is 4.90 Å². The molecular formula is C9H8ClN3OS. The lowest BCUT2D eigenvalue weighted by Crippen LogP contribution is -1.86. The van der Waals surface area contributed by atoms with Crippen molar-refractivity contribution < 1.29 is 4.52 Å². The van der Waals surface area contributed by atoms with Gasteiger partial charge in [-0.1, -0.05) is 16.8 Å². The molecule has 4 nitrogen and oxygen atoms in total. The SMILES string of the molecule is Nc1ccc(SCc2ncon2)c(Cl)c1. The highest BCUT2D eigenvalue weighted by Crippen LogP contribution is 2.30. The highest BCUT2D eigenvalue weighted by Gasteiger charge is 2.04. The molecule has 6 heteroatoms. The number of nitrogens with two attached hydrogens (primary N) is 1. The Labute approximate surface area is 95.8 Å². The standard InChI is InChI=1S/C9H8ClN3OS/c10-7-3-6(11)1-2-8(7)15-4-9-12-5-14-13-9/h1-3,5H,4,11H2. The van der Waals surface area contributed by atoms with E-state index in [-0.39, 0.29) is 0 Å². The number of nitrogens with zero attached hydrogens (tertiary/aromatic N) is 2. The van der Waals surface area contributed by atoms with Crippen LogP contribution in [0.1, 0.15) is 5.82 Å². The van der Waals surface area contributed by atoms with E-state index in [1.807, 2.05) is 12.1 Å². The summed E-state index contributed by atoms with van der Waals surface area (Å²) >= 11 is 7.55. The Morgan fingerprint density at radius 1 is 1.47 bits per heavy atom. The molecule has 0 aliphatic rings. The summed E-state index contributed by atoms with van der Waals surface area (Å²) < 4.78 is 4.62. The highest BCUT2D eigenvalue weighted by atomic mass is 35.5. The van der Waals surface area contributed by atoms with Gasteiger partial charge in [0.2, 0.25) is 6.39 Å². The van der Waals surface area contributed by atoms with Gasteiger partial charge in [-0.3, -0.25) is 0 Å². The van der Waals surface area contributed by atoms with Gasteiger partial charge in [-0.15, -0.1) is 11.8 Å². The molecule has 1 aromatic carbocycles. The molecule has 0 saturated carbocycles. The molecule has 0 bridgehead atoms. The van der Waals surface area contributed by atoms with Gasteiger partial charge in [-0.2, -0.15) is 4.98 Å². The van der Waals surface area contributed by atoms with Crippen LogP contribution in [-0.2, 0) is 5.75 Å². The molecule has 0 unspecified atom stereocenters. The molecular weight excluding hydrogens is 234 g/mol. The molecule has 0 aliphatic carbocycles. The van der Waals surface area contributed by atoms with E-state index >= 15 is 0 Å². The van der Waals surface area contributed by atoms with E-state index < -0.39 is 0 Å². The largest absolute Gasteiger partial charge is 0.399 e. The molecule has 78 valence electrons. The summed E-state index contributed by atoms with van der Waals surface area (Å²) in [6.45, 7) is 0. The van der Waals surface area contributed by atoms with Crippen molar-refractivity contribution in [3.8, 4) is 0 Å². The molecule has 0 saturated heterocycles. The first-order valence-corrected chi connectivity index (χ1v) is 5.55. The minimum Gasteiger partial charge on any atom is -0.399 e. The van der Waals surface area contributed by atoms with Gasteiger partial charge in [0.1, 0.15) is 0 Å². The number of thioether (sulfide) groups is 1. The van der Waals surface area contributed by atoms with Gasteiger partial charge >= 0.3 is 0 Å². The number of hydrogen-bond acceptors (Lipinski definition) is 5. The summed E-state index contributed by atoms with van der Waals surface area (Å²) in [5, 5.41) is 4.35. The van der Waals surface area contributed by atoms with Crippen LogP contribution in [0.4, 0.5) is 5.69 Å². The smallest absolute Gasteiger partial charge is 0.213 e. The number of aromatic nitrogens is 2. The number of halogens is 1. The fourth-order valence-electron chi connectivity index (χ4n) is 1.03. The van der Waals surface area contributed by atoms with Crippen LogP contribution in [0.15, 0.2) is 34.0 Å². The minimum atomic E-state index is 0.625. The van der Waals surface area contributed by atoms with Gasteiger partial charge in [0.25, 0.3) is 0 Å². The molecule has 1 aromatic heterocycles. The number of benzene rings is 1. The van der Waals surface area contributed by atoms with Gasteiger partial charge in [0, 0.05) is 10.6 Å². The first kappa shape index (κ1) is 10.3. The van der Waals surface area contributed by atoms with Crippen LogP contribution in [-0.4, -0.2) is 10.1 Å². The lowest BCUT2D eigenvalue weighted by atomic mass is 10.3. The number of rotatable bonds is 3. The Balaban J connectivity index is 2.05. The van der Waals surface area contributed by atoms with Crippen molar-refractivity contribution in [3.05, 3.63) is 35.4 Å². The Hall–Kier alpha value is -1.20. The Bertz CT molecular complexity index is 447. The van der Waals surface area contributed by atoms with Gasteiger partial charge in [-0.05, 0) is 18.2 Å². The van der Waals surface area contributed by atoms with E-state index in [2.05, 4.69) is 14.7 Å². The van der Waals surface area contributed by atoms with Crippen LogP contribution in [0.2, 0.25) is 5.02 Å². The van der Waals surface area contributed by atoms with E-state index in [1.165, 1.54) is 6.39 Å². The van der Waals surface area contributed by atoms with Crippen molar-refractivity contribution in [2.24, 2.45) is 0 Å². The zero-order valence-corrected chi connectivity index (χ0v) is 9.26. The molecule has 0 fully saturated rings. The molecule has 0 atom stereocenters. The summed E-state index contributed by atoms with van der Waals surface area (Å²) in [6.07, 6.45) is 1.31. The summed E-state index contributed by atoms with van der Waals surface area (Å²) in [5.41, 5.74) is 6.24. The van der Waals surface area contributed by atoms with Gasteiger partial charge < -0.3 is 10.3 Å². The highest BCUT2D eigenvalue weighted by molar-refractivity contribution is 7.98. The van der Waals surface area contributed by atoms with Crippen molar-refractivity contribution >= 4 is 29.1 Å². The normalized spacial score (nSPS) is 10.5. The van der Waals surface area contributed by atoms with Crippen molar-refractivity contribution in [1.29, 1.82) is 0 Å². The maximum absolute atomic E-state index is 6.00. The van der Waals surface area contributed by atoms with Crippen LogP contribution < -0.4 is 5.73 Å². The number of hydrogen-bond donors (Lipinski definition) is 1.